The van der Waals surface area contributed by atoms with Gasteiger partial charge in [0.25, 0.3) is 0 Å². The van der Waals surface area contributed by atoms with Gasteiger partial charge in [0.15, 0.2) is 11.5 Å². The molecule has 0 heterocycles. The molecular formula is C30H45N7O14S2. The van der Waals surface area contributed by atoms with E-state index in [1.807, 2.05) is 0 Å². The largest absolute Gasteiger partial charge is 0.503 e. The van der Waals surface area contributed by atoms with Crippen molar-refractivity contribution in [3.8, 4) is 11.5 Å². The molecule has 0 aliphatic rings. The third kappa shape index (κ3) is 17.0. The molecular weight excluding hydrogens is 746 g/mol. The van der Waals surface area contributed by atoms with Crippen LogP contribution in [0, 0.1) is 0 Å². The summed E-state index contributed by atoms with van der Waals surface area (Å²) in [6.07, 6.45) is -1.06. The van der Waals surface area contributed by atoms with E-state index in [2.05, 4.69) is 26.6 Å². The Kier molecular flexibility index (Phi) is 20.0. The van der Waals surface area contributed by atoms with E-state index in [4.69, 9.17) is 31.9 Å². The molecule has 0 radical (unpaired) electrons. The molecule has 0 saturated heterocycles. The summed E-state index contributed by atoms with van der Waals surface area (Å²) in [5, 5.41) is 70.2. The normalized spacial score (nSPS) is 13.7. The number of carbonyl (C=O) groups excluding carboxylic acids is 4. The van der Waals surface area contributed by atoms with Gasteiger partial charge in [-0.2, -0.15) is 0 Å². The van der Waals surface area contributed by atoms with Crippen molar-refractivity contribution in [3.63, 3.8) is 0 Å². The van der Waals surface area contributed by atoms with Crippen LogP contribution in [0.25, 0.3) is 0 Å². The van der Waals surface area contributed by atoms with Crippen molar-refractivity contribution in [1.29, 1.82) is 0 Å². The van der Waals surface area contributed by atoms with E-state index in [0.717, 1.165) is 23.5 Å². The summed E-state index contributed by atoms with van der Waals surface area (Å²) in [5.41, 5.74) is 11.3. The fraction of sp³-hybridized carbons (Fsp3) is 0.533. The number of rotatable bonds is 25. The van der Waals surface area contributed by atoms with Crippen LogP contribution in [0.4, 0.5) is 0 Å². The molecule has 0 saturated carbocycles. The van der Waals surface area contributed by atoms with E-state index in [1.165, 1.54) is 6.07 Å². The summed E-state index contributed by atoms with van der Waals surface area (Å²) in [5.74, 6) is -10.7. The van der Waals surface area contributed by atoms with Gasteiger partial charge in [0.2, 0.25) is 23.6 Å². The monoisotopic (exact) mass is 791 g/mol. The van der Waals surface area contributed by atoms with Gasteiger partial charge in [-0.25, -0.2) is 0 Å². The molecule has 1 aromatic rings. The first kappa shape index (κ1) is 46.2. The SMILES string of the molecule is CN[C@H](C)Cc1cc(SC[C@@H](NC(=O)CC[C@H](N)C(=O)O)C(=O)NCC(=O)O)c(O)c(O)c1SC[C@@H](NC(=O)CC[C@H](N)C(=O)O)C(=O)NCC(=O)O. The Morgan fingerprint density at radius 1 is 0.717 bits per heavy atom. The third-order valence-corrected chi connectivity index (χ3v) is 9.59. The van der Waals surface area contributed by atoms with Gasteiger partial charge in [0.1, 0.15) is 37.3 Å². The summed E-state index contributed by atoms with van der Waals surface area (Å²) in [6.45, 7) is 0.230. The van der Waals surface area contributed by atoms with Crippen molar-refractivity contribution in [2.24, 2.45) is 11.5 Å². The molecule has 4 amide bonds. The van der Waals surface area contributed by atoms with E-state index < -0.39 is 96.3 Å². The van der Waals surface area contributed by atoms with Gasteiger partial charge in [-0.1, -0.05) is 0 Å². The van der Waals surface area contributed by atoms with Crippen LogP contribution in [0.15, 0.2) is 15.9 Å². The maximum absolute atomic E-state index is 12.9. The number of hydrogen-bond acceptors (Lipinski definition) is 15. The Balaban J connectivity index is 3.39. The number of phenolic OH excluding ortho intramolecular Hbond substituents is 2. The number of phenols is 2. The molecule has 296 valence electrons. The first-order valence-corrected chi connectivity index (χ1v) is 17.8. The smallest absolute Gasteiger partial charge is 0.322 e. The second-order valence-electron chi connectivity index (χ2n) is 11.5. The molecule has 0 unspecified atom stereocenters. The second-order valence-corrected chi connectivity index (χ2v) is 13.6. The van der Waals surface area contributed by atoms with E-state index in [0.29, 0.717) is 5.56 Å². The Labute approximate surface area is 311 Å². The number of likely N-dealkylation sites (N-methyl/N-ethyl adjacent to an activating group) is 1. The summed E-state index contributed by atoms with van der Waals surface area (Å²) in [4.78, 5) is 95.0. The third-order valence-electron chi connectivity index (χ3n) is 7.22. The summed E-state index contributed by atoms with van der Waals surface area (Å²) in [7, 11) is 1.66. The minimum atomic E-state index is -1.39. The first-order valence-electron chi connectivity index (χ1n) is 15.8. The van der Waals surface area contributed by atoms with Gasteiger partial charge >= 0.3 is 23.9 Å². The van der Waals surface area contributed by atoms with Crippen LogP contribution in [-0.2, 0) is 44.8 Å². The van der Waals surface area contributed by atoms with Crippen molar-refractivity contribution in [2.75, 3.05) is 31.6 Å². The van der Waals surface area contributed by atoms with Gasteiger partial charge in [-0.05, 0) is 44.9 Å². The quantitative estimate of drug-likeness (QED) is 0.0351. The molecule has 0 aliphatic carbocycles. The number of nitrogens with one attached hydrogen (secondary N) is 5. The van der Waals surface area contributed by atoms with Gasteiger partial charge in [0.05, 0.1) is 9.79 Å². The molecule has 21 nitrogen and oxygen atoms in total. The summed E-state index contributed by atoms with van der Waals surface area (Å²) in [6, 6.07) is -4.23. The number of thioether (sulfide) groups is 2. The molecule has 0 aliphatic heterocycles. The van der Waals surface area contributed by atoms with Gasteiger partial charge in [-0.3, -0.25) is 38.4 Å². The minimum Gasteiger partial charge on any atom is -0.503 e. The lowest BCUT2D eigenvalue weighted by Crippen LogP contribution is -2.49. The molecule has 53 heavy (non-hydrogen) atoms. The predicted molar refractivity (Wildman–Crippen MR) is 188 cm³/mol. The summed E-state index contributed by atoms with van der Waals surface area (Å²) >= 11 is 1.64. The van der Waals surface area contributed by atoms with Crippen molar-refractivity contribution in [1.82, 2.24) is 26.6 Å². The van der Waals surface area contributed by atoms with Gasteiger partial charge in [-0.15, -0.1) is 23.5 Å². The van der Waals surface area contributed by atoms with Crippen LogP contribution in [-0.4, -0.2) is 140 Å². The highest BCUT2D eigenvalue weighted by atomic mass is 32.2. The fourth-order valence-corrected chi connectivity index (χ4v) is 6.32. The van der Waals surface area contributed by atoms with Crippen LogP contribution >= 0.6 is 23.5 Å². The second kappa shape index (κ2) is 23.0. The zero-order chi connectivity index (χ0) is 40.4. The molecule has 5 atom stereocenters. The number of carbonyl (C=O) groups is 8. The standard InChI is InChI=1S/C30H45N7O14S2/c1-13(33-2)7-14-8-19(52-11-17(27(46)34-9-22(40)41)36-20(38)5-3-15(31)29(48)49)24(44)25(45)26(14)53-12-18(28(47)35-10-23(42)43)37-21(39)6-4-16(32)30(50)51/h8,13,15-18,33,44-45H,3-7,9-12,31-32H2,1-2H3,(H,34,46)(H,35,47)(H,36,38)(H,37,39)(H,40,41)(H,42,43)(H,48,49)(H,50,51)/t13-,15+,16+,17-,18-/m1/s1. The molecule has 23 heteroatoms. The average Bonchev–Trinajstić information content (AvgIpc) is 3.09. The number of benzene rings is 1. The van der Waals surface area contributed by atoms with Crippen molar-refractivity contribution in [3.05, 3.63) is 11.6 Å². The Bertz CT molecular complexity index is 1520. The van der Waals surface area contributed by atoms with E-state index in [-0.39, 0.29) is 59.4 Å². The number of hydrogen-bond donors (Lipinski definition) is 13. The molecule has 0 aromatic heterocycles. The van der Waals surface area contributed by atoms with Crippen LogP contribution in [0.5, 0.6) is 11.5 Å². The van der Waals surface area contributed by atoms with E-state index in [1.54, 1.807) is 14.0 Å². The van der Waals surface area contributed by atoms with E-state index >= 15 is 0 Å². The molecule has 0 fully saturated rings. The maximum atomic E-state index is 12.9. The first-order chi connectivity index (χ1) is 24.8. The van der Waals surface area contributed by atoms with Crippen LogP contribution in [0.2, 0.25) is 0 Å². The lowest BCUT2D eigenvalue weighted by molar-refractivity contribution is -0.140. The highest BCUT2D eigenvalue weighted by Crippen LogP contribution is 2.45. The van der Waals surface area contributed by atoms with Gasteiger partial charge < -0.3 is 68.7 Å². The van der Waals surface area contributed by atoms with Crippen molar-refractivity contribution < 1.29 is 69.0 Å². The molecule has 1 aromatic carbocycles. The number of amides is 4. The predicted octanol–water partition coefficient (Wildman–Crippen LogP) is -2.81. The maximum Gasteiger partial charge on any atom is 0.322 e. The van der Waals surface area contributed by atoms with Crippen molar-refractivity contribution in [2.45, 2.75) is 79.0 Å². The number of aromatic hydroxyl groups is 2. The lowest BCUT2D eigenvalue weighted by atomic mass is 10.1. The molecule has 0 bridgehead atoms. The Hall–Kier alpha value is -4.84. The lowest BCUT2D eigenvalue weighted by Gasteiger charge is -2.22. The average molecular weight is 792 g/mol. The molecule has 15 N–H and O–H groups in total. The fourth-order valence-electron chi connectivity index (χ4n) is 4.15. The summed E-state index contributed by atoms with van der Waals surface area (Å²) < 4.78 is 0. The number of carboxylic acid groups (broad SMARTS) is 4. The molecule has 0 spiro atoms. The zero-order valence-corrected chi connectivity index (χ0v) is 30.4. The van der Waals surface area contributed by atoms with Crippen LogP contribution in [0.1, 0.15) is 38.2 Å². The number of carboxylic acids is 4. The van der Waals surface area contributed by atoms with Crippen molar-refractivity contribution >= 4 is 71.0 Å². The van der Waals surface area contributed by atoms with Crippen LogP contribution in [0.3, 0.4) is 0 Å². The van der Waals surface area contributed by atoms with Gasteiger partial charge in [0, 0.05) is 30.4 Å². The van der Waals surface area contributed by atoms with Crippen LogP contribution < -0.4 is 38.1 Å². The zero-order valence-electron chi connectivity index (χ0n) is 28.7. The number of nitrogens with two attached hydrogens (primary N) is 2. The minimum absolute atomic E-state index is 0.0298. The Morgan fingerprint density at radius 2 is 1.15 bits per heavy atom. The molecule has 1 rings (SSSR count). The topological polar surface area (TPSA) is 370 Å². The van der Waals surface area contributed by atoms with E-state index in [9.17, 15) is 48.6 Å². The highest BCUT2D eigenvalue weighted by Gasteiger charge is 2.28. The number of aliphatic carboxylic acids is 4. The highest BCUT2D eigenvalue weighted by molar-refractivity contribution is 8.00. The Morgan fingerprint density at radius 3 is 1.55 bits per heavy atom.